The Morgan fingerprint density at radius 2 is 2.00 bits per heavy atom. The number of nitrogens with one attached hydrogen (secondary N) is 2. The smallest absolute Gasteiger partial charge is 0.408 e. The number of alkyl halides is 3. The molecule has 0 aliphatic carbocycles. The van der Waals surface area contributed by atoms with Gasteiger partial charge in [-0.15, -0.1) is 0 Å². The van der Waals surface area contributed by atoms with Gasteiger partial charge in [-0.05, 0) is 76.6 Å². The van der Waals surface area contributed by atoms with E-state index in [1.165, 1.54) is 5.56 Å². The van der Waals surface area contributed by atoms with Crippen molar-refractivity contribution in [1.82, 2.24) is 25.0 Å². The summed E-state index contributed by atoms with van der Waals surface area (Å²) in [4.78, 5) is 31.3. The first kappa shape index (κ1) is 31.3. The summed E-state index contributed by atoms with van der Waals surface area (Å²) >= 11 is 0. The molecule has 1 amide bonds. The van der Waals surface area contributed by atoms with Crippen molar-refractivity contribution in [3.8, 4) is 0 Å². The SMILES string of the molecule is CC(C)OCCN(CCCCc1ccc2c(n1)NCCC2)CCC(NC(=O)c1ccnn1CC(F)(F)F)C(=O)O. The second kappa shape index (κ2) is 15.0. The third kappa shape index (κ3) is 10.4. The second-order valence-corrected chi connectivity index (χ2v) is 10.2. The molecule has 2 aromatic heterocycles. The molecule has 13 heteroatoms. The molecule has 0 saturated heterocycles. The summed E-state index contributed by atoms with van der Waals surface area (Å²) < 4.78 is 44.6. The molecule has 0 radical (unpaired) electrons. The van der Waals surface area contributed by atoms with Gasteiger partial charge in [0.25, 0.3) is 5.91 Å². The molecule has 222 valence electrons. The Labute approximate surface area is 232 Å². The number of amides is 1. The standard InChI is InChI=1S/C27H39F3N6O4/c1-19(2)40-17-16-35(14-4-3-7-21-9-8-20-6-5-12-31-24(20)33-21)15-11-22(26(38)39)34-25(37)23-10-13-32-36(23)18-27(28,29)30/h8-10,13,19,22H,3-7,11-12,14-18H2,1-2H3,(H,31,33)(H,34,37)(H,38,39). The van der Waals surface area contributed by atoms with Crippen molar-refractivity contribution in [2.45, 2.75) is 77.2 Å². The average Bonchev–Trinajstić information content (AvgIpc) is 3.34. The van der Waals surface area contributed by atoms with E-state index in [1.807, 2.05) is 13.8 Å². The third-order valence-electron chi connectivity index (χ3n) is 6.58. The Hall–Kier alpha value is -3.19. The van der Waals surface area contributed by atoms with Crippen molar-refractivity contribution in [3.05, 3.63) is 41.3 Å². The molecule has 1 aliphatic heterocycles. The van der Waals surface area contributed by atoms with E-state index >= 15 is 0 Å². The van der Waals surface area contributed by atoms with Crippen LogP contribution in [0.5, 0.6) is 0 Å². The lowest BCUT2D eigenvalue weighted by Gasteiger charge is -2.25. The molecule has 0 aromatic carbocycles. The van der Waals surface area contributed by atoms with Crippen molar-refractivity contribution in [3.63, 3.8) is 0 Å². The number of aromatic nitrogens is 3. The number of hydrogen-bond donors (Lipinski definition) is 3. The van der Waals surface area contributed by atoms with Crippen LogP contribution in [0.25, 0.3) is 0 Å². The van der Waals surface area contributed by atoms with E-state index in [0.717, 1.165) is 62.4 Å². The first-order valence-corrected chi connectivity index (χ1v) is 13.7. The topological polar surface area (TPSA) is 122 Å². The zero-order valence-corrected chi connectivity index (χ0v) is 23.0. The lowest BCUT2D eigenvalue weighted by Crippen LogP contribution is -2.44. The third-order valence-corrected chi connectivity index (χ3v) is 6.58. The van der Waals surface area contributed by atoms with Gasteiger partial charge in [0.1, 0.15) is 24.1 Å². The van der Waals surface area contributed by atoms with Crippen molar-refractivity contribution in [2.75, 3.05) is 38.1 Å². The highest BCUT2D eigenvalue weighted by atomic mass is 19.4. The Morgan fingerprint density at radius 3 is 2.73 bits per heavy atom. The second-order valence-electron chi connectivity index (χ2n) is 10.2. The highest BCUT2D eigenvalue weighted by Gasteiger charge is 2.31. The Bertz CT molecular complexity index is 1110. The fourth-order valence-corrected chi connectivity index (χ4v) is 4.53. The number of pyridine rings is 1. The van der Waals surface area contributed by atoms with E-state index in [4.69, 9.17) is 9.72 Å². The monoisotopic (exact) mass is 568 g/mol. The van der Waals surface area contributed by atoms with E-state index in [2.05, 4.69) is 32.8 Å². The van der Waals surface area contributed by atoms with Gasteiger partial charge in [-0.2, -0.15) is 18.3 Å². The number of unbranched alkanes of at least 4 members (excludes halogenated alkanes) is 1. The molecule has 1 atom stereocenters. The summed E-state index contributed by atoms with van der Waals surface area (Å²) in [6.07, 6.45) is 1.36. The number of fused-ring (bicyclic) bond motifs is 1. The quantitative estimate of drug-likeness (QED) is 0.263. The van der Waals surface area contributed by atoms with Gasteiger partial charge in [0.15, 0.2) is 0 Å². The molecule has 0 bridgehead atoms. The number of halogens is 3. The van der Waals surface area contributed by atoms with Crippen LogP contribution in [-0.4, -0.2) is 87.8 Å². The van der Waals surface area contributed by atoms with Crippen LogP contribution >= 0.6 is 0 Å². The molecule has 0 fully saturated rings. The zero-order chi connectivity index (χ0) is 29.1. The number of carboxylic acid groups (broad SMARTS) is 1. The molecule has 2 aromatic rings. The van der Waals surface area contributed by atoms with Crippen molar-refractivity contribution in [2.24, 2.45) is 0 Å². The normalized spacial score (nSPS) is 14.2. The van der Waals surface area contributed by atoms with Crippen molar-refractivity contribution in [1.29, 1.82) is 0 Å². The van der Waals surface area contributed by atoms with Crippen LogP contribution in [0.3, 0.4) is 0 Å². The van der Waals surface area contributed by atoms with Gasteiger partial charge in [0, 0.05) is 31.5 Å². The number of rotatable bonds is 16. The molecular weight excluding hydrogens is 529 g/mol. The maximum atomic E-state index is 12.8. The molecule has 3 heterocycles. The maximum Gasteiger partial charge on any atom is 0.408 e. The van der Waals surface area contributed by atoms with E-state index in [0.29, 0.717) is 30.9 Å². The number of carbonyl (C=O) groups excluding carboxylic acids is 1. The number of nitrogens with zero attached hydrogens (tertiary/aromatic N) is 4. The van der Waals surface area contributed by atoms with Crippen LogP contribution in [-0.2, 0) is 28.9 Å². The minimum Gasteiger partial charge on any atom is -0.480 e. The van der Waals surface area contributed by atoms with E-state index in [9.17, 15) is 27.9 Å². The summed E-state index contributed by atoms with van der Waals surface area (Å²) in [5.41, 5.74) is 1.93. The Morgan fingerprint density at radius 1 is 1.20 bits per heavy atom. The highest BCUT2D eigenvalue weighted by Crippen LogP contribution is 2.21. The molecule has 3 N–H and O–H groups in total. The molecule has 3 rings (SSSR count). The summed E-state index contributed by atoms with van der Waals surface area (Å²) in [5.74, 6) is -1.21. The first-order valence-electron chi connectivity index (χ1n) is 13.7. The Balaban J connectivity index is 1.53. The van der Waals surface area contributed by atoms with Gasteiger partial charge in [-0.1, -0.05) is 6.07 Å². The van der Waals surface area contributed by atoms with Gasteiger partial charge in [0.05, 0.1) is 12.7 Å². The van der Waals surface area contributed by atoms with Crippen molar-refractivity contribution >= 4 is 17.7 Å². The number of aryl methyl sites for hydroxylation is 2. The molecular formula is C27H39F3N6O4. The van der Waals surface area contributed by atoms with Gasteiger partial charge < -0.3 is 25.4 Å². The fraction of sp³-hybridized carbons (Fsp3) is 0.630. The molecule has 1 unspecified atom stereocenters. The van der Waals surface area contributed by atoms with Gasteiger partial charge in [-0.25, -0.2) is 9.78 Å². The van der Waals surface area contributed by atoms with Gasteiger partial charge in [0.2, 0.25) is 0 Å². The molecule has 1 aliphatic rings. The number of anilines is 1. The minimum absolute atomic E-state index is 0.0538. The zero-order valence-electron chi connectivity index (χ0n) is 23.0. The highest BCUT2D eigenvalue weighted by molar-refractivity contribution is 5.95. The van der Waals surface area contributed by atoms with Crippen LogP contribution in [0.1, 0.15) is 61.3 Å². The van der Waals surface area contributed by atoms with Gasteiger partial charge >= 0.3 is 12.1 Å². The minimum atomic E-state index is -4.57. The number of carboxylic acids is 1. The van der Waals surface area contributed by atoms with E-state index < -0.39 is 30.6 Å². The largest absolute Gasteiger partial charge is 0.480 e. The molecule has 40 heavy (non-hydrogen) atoms. The molecule has 0 spiro atoms. The lowest BCUT2D eigenvalue weighted by atomic mass is 10.1. The van der Waals surface area contributed by atoms with Crippen LogP contribution in [0.15, 0.2) is 24.4 Å². The van der Waals surface area contributed by atoms with Crippen molar-refractivity contribution < 1.29 is 32.6 Å². The number of carbonyl (C=O) groups is 2. The first-order chi connectivity index (χ1) is 19.0. The van der Waals surface area contributed by atoms with Crippen LogP contribution in [0.4, 0.5) is 19.0 Å². The number of ether oxygens (including phenoxy) is 1. The van der Waals surface area contributed by atoms with Gasteiger partial charge in [-0.3, -0.25) is 9.48 Å². The number of hydrogen-bond acceptors (Lipinski definition) is 7. The van der Waals surface area contributed by atoms with E-state index in [-0.39, 0.29) is 18.2 Å². The molecule has 10 nitrogen and oxygen atoms in total. The van der Waals surface area contributed by atoms with Crippen LogP contribution in [0, 0.1) is 0 Å². The summed E-state index contributed by atoms with van der Waals surface area (Å²) in [6, 6.07) is 4.06. The summed E-state index contributed by atoms with van der Waals surface area (Å²) in [6.45, 7) is 5.47. The lowest BCUT2D eigenvalue weighted by molar-refractivity contribution is -0.143. The summed E-state index contributed by atoms with van der Waals surface area (Å²) in [5, 5.41) is 18.9. The predicted octanol–water partition coefficient (Wildman–Crippen LogP) is 3.52. The van der Waals surface area contributed by atoms with Crippen LogP contribution in [0.2, 0.25) is 0 Å². The predicted molar refractivity (Wildman–Crippen MR) is 143 cm³/mol. The fourth-order valence-electron chi connectivity index (χ4n) is 4.53. The maximum absolute atomic E-state index is 12.8. The number of aliphatic carboxylic acids is 1. The average molecular weight is 569 g/mol. The van der Waals surface area contributed by atoms with E-state index in [1.54, 1.807) is 0 Å². The van der Waals surface area contributed by atoms with Crippen LogP contribution < -0.4 is 10.6 Å². The molecule has 0 saturated carbocycles. The summed E-state index contributed by atoms with van der Waals surface area (Å²) in [7, 11) is 0. The Kier molecular flexibility index (Phi) is 11.7.